The van der Waals surface area contributed by atoms with Crippen molar-refractivity contribution >= 4 is 10.0 Å². The van der Waals surface area contributed by atoms with Gasteiger partial charge in [0.2, 0.25) is 10.0 Å². The average molecular weight is 307 g/mol. The largest absolute Gasteiger partial charge is 0.268 e. The molecule has 0 saturated heterocycles. The van der Waals surface area contributed by atoms with E-state index < -0.39 is 10.0 Å². The van der Waals surface area contributed by atoms with Gasteiger partial charge in [-0.25, -0.2) is 13.1 Å². The first-order valence-electron chi connectivity index (χ1n) is 6.87. The Morgan fingerprint density at radius 3 is 2.43 bits per heavy atom. The summed E-state index contributed by atoms with van der Waals surface area (Å²) in [4.78, 5) is 0.335. The maximum absolute atomic E-state index is 12.3. The fourth-order valence-corrected chi connectivity index (χ4v) is 3.61. The quantitative estimate of drug-likeness (QED) is 0.920. The van der Waals surface area contributed by atoms with E-state index in [4.69, 9.17) is 0 Å². The molecule has 0 aliphatic carbocycles. The third-order valence-electron chi connectivity index (χ3n) is 3.34. The predicted molar refractivity (Wildman–Crippen MR) is 82.8 cm³/mol. The zero-order valence-electron chi connectivity index (χ0n) is 12.8. The van der Waals surface area contributed by atoms with Gasteiger partial charge in [-0.2, -0.15) is 5.10 Å². The Morgan fingerprint density at radius 2 is 1.86 bits per heavy atom. The Morgan fingerprint density at radius 1 is 1.14 bits per heavy atom. The predicted octanol–water partition coefficient (Wildman–Crippen LogP) is 2.10. The van der Waals surface area contributed by atoms with Crippen molar-refractivity contribution < 1.29 is 8.42 Å². The van der Waals surface area contributed by atoms with E-state index in [2.05, 4.69) is 9.82 Å². The molecule has 6 heteroatoms. The Kier molecular flexibility index (Phi) is 4.49. The van der Waals surface area contributed by atoms with Crippen molar-refractivity contribution in [2.45, 2.75) is 39.1 Å². The topological polar surface area (TPSA) is 64.0 Å². The average Bonchev–Trinajstić information content (AvgIpc) is 2.67. The lowest BCUT2D eigenvalue weighted by Crippen LogP contribution is -2.28. The maximum atomic E-state index is 12.3. The molecule has 0 bridgehead atoms. The fourth-order valence-electron chi connectivity index (χ4n) is 2.37. The lowest BCUT2D eigenvalue weighted by Gasteiger charge is -2.10. The molecule has 0 fully saturated rings. The normalized spacial score (nSPS) is 11.8. The van der Waals surface area contributed by atoms with Gasteiger partial charge in [0, 0.05) is 12.2 Å². The lowest BCUT2D eigenvalue weighted by atomic mass is 10.2. The van der Waals surface area contributed by atoms with Crippen LogP contribution in [0.4, 0.5) is 0 Å². The number of aryl methyl sites for hydroxylation is 4. The monoisotopic (exact) mass is 307 g/mol. The molecule has 0 amide bonds. The Bertz CT molecular complexity index is 748. The van der Waals surface area contributed by atoms with Crippen molar-refractivity contribution in [3.05, 3.63) is 46.8 Å². The molecule has 5 nitrogen and oxygen atoms in total. The van der Waals surface area contributed by atoms with Crippen LogP contribution in [-0.4, -0.2) is 24.7 Å². The number of rotatable bonds is 5. The van der Waals surface area contributed by atoms with Crippen molar-refractivity contribution in [1.82, 2.24) is 14.5 Å². The minimum Gasteiger partial charge on any atom is -0.268 e. The minimum atomic E-state index is -3.48. The van der Waals surface area contributed by atoms with Crippen molar-refractivity contribution in [3.8, 4) is 0 Å². The first kappa shape index (κ1) is 15.7. The number of benzene rings is 1. The van der Waals surface area contributed by atoms with Gasteiger partial charge in [0.15, 0.2) is 0 Å². The van der Waals surface area contributed by atoms with Crippen LogP contribution in [0.5, 0.6) is 0 Å². The lowest BCUT2D eigenvalue weighted by molar-refractivity contribution is 0.554. The summed E-state index contributed by atoms with van der Waals surface area (Å²) < 4.78 is 29.0. The number of nitrogens with zero attached hydrogens (tertiary/aromatic N) is 2. The molecule has 0 saturated carbocycles. The number of hydrogen-bond acceptors (Lipinski definition) is 3. The second-order valence-corrected chi connectivity index (χ2v) is 7.05. The Hall–Kier alpha value is -1.66. The summed E-state index contributed by atoms with van der Waals surface area (Å²) in [7, 11) is -3.48. The highest BCUT2D eigenvalue weighted by Gasteiger charge is 2.16. The van der Waals surface area contributed by atoms with Gasteiger partial charge < -0.3 is 0 Å². The molecule has 114 valence electrons. The Balaban J connectivity index is 2.06. The smallest absolute Gasteiger partial charge is 0.240 e. The van der Waals surface area contributed by atoms with Crippen LogP contribution in [0.15, 0.2) is 29.2 Å². The SMILES string of the molecule is Cc1ccc(S(=O)(=O)NCCn2nc(C)cc2C)c(C)c1. The third-order valence-corrected chi connectivity index (χ3v) is 4.96. The number of aromatic nitrogens is 2. The van der Waals surface area contributed by atoms with E-state index in [1.165, 1.54) is 0 Å². The summed E-state index contributed by atoms with van der Waals surface area (Å²) in [5.74, 6) is 0. The van der Waals surface area contributed by atoms with Crippen LogP contribution in [0, 0.1) is 27.7 Å². The van der Waals surface area contributed by atoms with Crippen molar-refractivity contribution in [3.63, 3.8) is 0 Å². The molecule has 21 heavy (non-hydrogen) atoms. The molecule has 0 aliphatic rings. The summed E-state index contributed by atoms with van der Waals surface area (Å²) in [6.07, 6.45) is 0. The zero-order chi connectivity index (χ0) is 15.6. The van der Waals surface area contributed by atoms with Crippen LogP contribution in [-0.2, 0) is 16.6 Å². The highest BCUT2D eigenvalue weighted by Crippen LogP contribution is 2.16. The molecule has 1 aromatic carbocycles. The molecule has 0 unspecified atom stereocenters. The molecule has 0 radical (unpaired) electrons. The zero-order valence-corrected chi connectivity index (χ0v) is 13.7. The number of sulfonamides is 1. The summed E-state index contributed by atoms with van der Waals surface area (Å²) in [6, 6.07) is 7.30. The summed E-state index contributed by atoms with van der Waals surface area (Å²) in [5.41, 5.74) is 3.77. The highest BCUT2D eigenvalue weighted by atomic mass is 32.2. The van der Waals surface area contributed by atoms with E-state index in [0.29, 0.717) is 18.0 Å². The molecule has 1 heterocycles. The van der Waals surface area contributed by atoms with Gasteiger partial charge in [-0.05, 0) is 45.4 Å². The van der Waals surface area contributed by atoms with Crippen molar-refractivity contribution in [2.75, 3.05) is 6.54 Å². The molecule has 0 aliphatic heterocycles. The van der Waals surface area contributed by atoms with Crippen LogP contribution in [0.2, 0.25) is 0 Å². The Labute approximate surface area is 126 Å². The minimum absolute atomic E-state index is 0.317. The van der Waals surface area contributed by atoms with Crippen LogP contribution in [0.25, 0.3) is 0 Å². The first-order chi connectivity index (χ1) is 9.79. The van der Waals surface area contributed by atoms with Gasteiger partial charge in [0.1, 0.15) is 0 Å². The molecule has 1 N–H and O–H groups in total. The van der Waals surface area contributed by atoms with E-state index >= 15 is 0 Å². The third kappa shape index (κ3) is 3.71. The van der Waals surface area contributed by atoms with E-state index in [1.807, 2.05) is 45.9 Å². The summed E-state index contributed by atoms with van der Waals surface area (Å²) in [5, 5.41) is 4.31. The van der Waals surface area contributed by atoms with Gasteiger partial charge >= 0.3 is 0 Å². The second kappa shape index (κ2) is 5.99. The van der Waals surface area contributed by atoms with Gasteiger partial charge in [-0.15, -0.1) is 0 Å². The van der Waals surface area contributed by atoms with Crippen LogP contribution in [0.1, 0.15) is 22.5 Å². The van der Waals surface area contributed by atoms with E-state index in [9.17, 15) is 8.42 Å². The molecule has 0 spiro atoms. The van der Waals surface area contributed by atoms with E-state index in [0.717, 1.165) is 22.5 Å². The maximum Gasteiger partial charge on any atom is 0.240 e. The molecule has 2 aromatic rings. The number of nitrogens with one attached hydrogen (secondary N) is 1. The summed E-state index contributed by atoms with van der Waals surface area (Å²) in [6.45, 7) is 8.46. The van der Waals surface area contributed by atoms with Crippen LogP contribution in [0.3, 0.4) is 0 Å². The van der Waals surface area contributed by atoms with Crippen LogP contribution >= 0.6 is 0 Å². The van der Waals surface area contributed by atoms with E-state index in [-0.39, 0.29) is 0 Å². The molecular weight excluding hydrogens is 286 g/mol. The van der Waals surface area contributed by atoms with E-state index in [1.54, 1.807) is 10.7 Å². The fraction of sp³-hybridized carbons (Fsp3) is 0.400. The second-order valence-electron chi connectivity index (χ2n) is 5.32. The van der Waals surface area contributed by atoms with Crippen molar-refractivity contribution in [1.29, 1.82) is 0 Å². The molecular formula is C15H21N3O2S. The molecule has 0 atom stereocenters. The molecule has 2 rings (SSSR count). The first-order valence-corrected chi connectivity index (χ1v) is 8.36. The standard InChI is InChI=1S/C15H21N3O2S/c1-11-5-6-15(12(2)9-11)21(19,20)16-7-8-18-14(4)10-13(3)17-18/h5-6,9-10,16H,7-8H2,1-4H3. The highest BCUT2D eigenvalue weighted by molar-refractivity contribution is 7.89. The van der Waals surface area contributed by atoms with Gasteiger partial charge in [0.25, 0.3) is 0 Å². The van der Waals surface area contributed by atoms with Gasteiger partial charge in [-0.1, -0.05) is 17.7 Å². The van der Waals surface area contributed by atoms with Gasteiger partial charge in [0.05, 0.1) is 17.1 Å². The summed E-state index contributed by atoms with van der Waals surface area (Å²) >= 11 is 0. The van der Waals surface area contributed by atoms with Crippen LogP contribution < -0.4 is 4.72 Å². The van der Waals surface area contributed by atoms with Crippen molar-refractivity contribution in [2.24, 2.45) is 0 Å². The molecule has 1 aromatic heterocycles. The number of hydrogen-bond donors (Lipinski definition) is 1. The van der Waals surface area contributed by atoms with Gasteiger partial charge in [-0.3, -0.25) is 4.68 Å².